The maximum absolute atomic E-state index is 12.0. The van der Waals surface area contributed by atoms with Crippen LogP contribution in [-0.2, 0) is 10.0 Å². The molecule has 2 N–H and O–H groups in total. The van der Waals surface area contributed by atoms with Gasteiger partial charge in [-0.25, -0.2) is 13.1 Å². The normalized spacial score (nSPS) is 12.9. The summed E-state index contributed by atoms with van der Waals surface area (Å²) < 4.78 is 26.5. The molecule has 1 aromatic carbocycles. The molecule has 0 aliphatic rings. The van der Waals surface area contributed by atoms with Crippen LogP contribution in [0.15, 0.2) is 29.2 Å². The Morgan fingerprint density at radius 1 is 1.39 bits per heavy atom. The van der Waals surface area contributed by atoms with Crippen molar-refractivity contribution in [1.82, 2.24) is 10.0 Å². The van der Waals surface area contributed by atoms with Crippen molar-refractivity contribution in [2.75, 3.05) is 20.1 Å². The molecule has 5 nitrogen and oxygen atoms in total. The zero-order valence-electron chi connectivity index (χ0n) is 10.5. The molecule has 0 aliphatic carbocycles. The molecule has 0 aromatic heterocycles. The van der Waals surface area contributed by atoms with Crippen LogP contribution in [0, 0.1) is 17.2 Å². The second-order valence-corrected chi connectivity index (χ2v) is 5.92. The average Bonchev–Trinajstić information content (AvgIpc) is 2.37. The van der Waals surface area contributed by atoms with Crippen LogP contribution in [0.4, 0.5) is 0 Å². The van der Waals surface area contributed by atoms with E-state index in [4.69, 9.17) is 5.26 Å². The summed E-state index contributed by atoms with van der Waals surface area (Å²) in [5, 5.41) is 11.7. The lowest BCUT2D eigenvalue weighted by atomic mass is 10.2. The Morgan fingerprint density at radius 2 is 2.11 bits per heavy atom. The Hall–Kier alpha value is -1.42. The number of hydrogen-bond donors (Lipinski definition) is 2. The van der Waals surface area contributed by atoms with Crippen LogP contribution >= 0.6 is 0 Å². The molecule has 0 heterocycles. The van der Waals surface area contributed by atoms with E-state index in [1.165, 1.54) is 12.1 Å². The zero-order valence-corrected chi connectivity index (χ0v) is 11.3. The van der Waals surface area contributed by atoms with Gasteiger partial charge in [-0.15, -0.1) is 0 Å². The molecule has 0 saturated heterocycles. The Morgan fingerprint density at radius 3 is 2.72 bits per heavy atom. The van der Waals surface area contributed by atoms with Gasteiger partial charge in [-0.05, 0) is 37.7 Å². The Kier molecular flexibility index (Phi) is 5.28. The van der Waals surface area contributed by atoms with Gasteiger partial charge < -0.3 is 5.32 Å². The minimum absolute atomic E-state index is 0.123. The van der Waals surface area contributed by atoms with E-state index in [-0.39, 0.29) is 10.8 Å². The first-order valence-electron chi connectivity index (χ1n) is 5.64. The Labute approximate surface area is 108 Å². The van der Waals surface area contributed by atoms with Gasteiger partial charge >= 0.3 is 0 Å². The maximum atomic E-state index is 12.0. The Balaban J connectivity index is 2.77. The first kappa shape index (κ1) is 14.6. The van der Waals surface area contributed by atoms with Crippen LogP contribution in [0.1, 0.15) is 12.5 Å². The molecule has 1 rings (SSSR count). The van der Waals surface area contributed by atoms with Gasteiger partial charge in [0.1, 0.15) is 0 Å². The van der Waals surface area contributed by atoms with Gasteiger partial charge in [0.2, 0.25) is 10.0 Å². The lowest BCUT2D eigenvalue weighted by Gasteiger charge is -2.12. The number of nitrogens with one attached hydrogen (secondary N) is 2. The molecular formula is C12H17N3O2S. The molecule has 0 aliphatic heterocycles. The van der Waals surface area contributed by atoms with Crippen molar-refractivity contribution in [3.8, 4) is 6.07 Å². The fourth-order valence-electron chi connectivity index (χ4n) is 1.49. The molecule has 0 amide bonds. The van der Waals surface area contributed by atoms with Crippen LogP contribution < -0.4 is 10.0 Å². The average molecular weight is 267 g/mol. The van der Waals surface area contributed by atoms with Crippen LogP contribution in [0.3, 0.4) is 0 Å². The summed E-state index contributed by atoms with van der Waals surface area (Å²) in [6.45, 7) is 3.05. The number of hydrogen-bond acceptors (Lipinski definition) is 4. The lowest BCUT2D eigenvalue weighted by molar-refractivity contribution is 0.519. The van der Waals surface area contributed by atoms with Gasteiger partial charge in [0.15, 0.2) is 0 Å². The van der Waals surface area contributed by atoms with Crippen LogP contribution in [0.2, 0.25) is 0 Å². The second kappa shape index (κ2) is 6.50. The standard InChI is InChI=1S/C12H17N3O2S/c1-10(8-14-2)9-15-18(16,17)12-5-3-4-11(6-12)7-13/h3-6,10,14-15H,8-9H2,1-2H3. The summed E-state index contributed by atoms with van der Waals surface area (Å²) in [7, 11) is -1.71. The minimum atomic E-state index is -3.54. The van der Waals surface area contributed by atoms with Crippen LogP contribution in [0.5, 0.6) is 0 Å². The Bertz CT molecular complexity index is 534. The molecule has 98 valence electrons. The van der Waals surface area contributed by atoms with E-state index in [0.717, 1.165) is 6.54 Å². The third-order valence-electron chi connectivity index (χ3n) is 2.45. The largest absolute Gasteiger partial charge is 0.319 e. The quantitative estimate of drug-likeness (QED) is 0.794. The van der Waals surface area contributed by atoms with E-state index in [1.54, 1.807) is 12.1 Å². The number of sulfonamides is 1. The van der Waals surface area contributed by atoms with E-state index in [2.05, 4.69) is 10.0 Å². The summed E-state index contributed by atoms with van der Waals surface area (Å²) in [5.41, 5.74) is 0.334. The third-order valence-corrected chi connectivity index (χ3v) is 3.87. The predicted octanol–water partition coefficient (Wildman–Crippen LogP) is 0.692. The van der Waals surface area contributed by atoms with E-state index in [9.17, 15) is 8.42 Å². The van der Waals surface area contributed by atoms with E-state index < -0.39 is 10.0 Å². The number of benzene rings is 1. The minimum Gasteiger partial charge on any atom is -0.319 e. The highest BCUT2D eigenvalue weighted by atomic mass is 32.2. The topological polar surface area (TPSA) is 82.0 Å². The summed E-state index contributed by atoms with van der Waals surface area (Å²) in [5.74, 6) is 0.198. The molecule has 1 unspecified atom stereocenters. The summed E-state index contributed by atoms with van der Waals surface area (Å²) in [6, 6.07) is 7.90. The molecule has 0 spiro atoms. The molecule has 0 bridgehead atoms. The van der Waals surface area contributed by atoms with E-state index in [0.29, 0.717) is 12.1 Å². The van der Waals surface area contributed by atoms with Gasteiger partial charge in [-0.2, -0.15) is 5.26 Å². The van der Waals surface area contributed by atoms with Crippen molar-refractivity contribution in [3.05, 3.63) is 29.8 Å². The molecular weight excluding hydrogens is 250 g/mol. The van der Waals surface area contributed by atoms with Gasteiger partial charge in [-0.1, -0.05) is 13.0 Å². The highest BCUT2D eigenvalue weighted by Crippen LogP contribution is 2.10. The molecule has 1 atom stereocenters. The van der Waals surface area contributed by atoms with Crippen molar-refractivity contribution in [2.45, 2.75) is 11.8 Å². The summed E-state index contributed by atoms with van der Waals surface area (Å²) in [4.78, 5) is 0.123. The van der Waals surface area contributed by atoms with Gasteiger partial charge in [-0.3, -0.25) is 0 Å². The van der Waals surface area contributed by atoms with E-state index in [1.807, 2.05) is 20.0 Å². The van der Waals surface area contributed by atoms with Gasteiger partial charge in [0.05, 0.1) is 16.5 Å². The fourth-order valence-corrected chi connectivity index (χ4v) is 2.70. The number of nitrogens with zero attached hydrogens (tertiary/aromatic N) is 1. The van der Waals surface area contributed by atoms with Crippen LogP contribution in [0.25, 0.3) is 0 Å². The first-order chi connectivity index (χ1) is 8.49. The van der Waals surface area contributed by atoms with Crippen LogP contribution in [-0.4, -0.2) is 28.6 Å². The SMILES string of the molecule is CNCC(C)CNS(=O)(=O)c1cccc(C#N)c1. The fraction of sp³-hybridized carbons (Fsp3) is 0.417. The molecule has 0 radical (unpaired) electrons. The molecule has 6 heteroatoms. The van der Waals surface area contributed by atoms with Crippen molar-refractivity contribution in [1.29, 1.82) is 5.26 Å². The smallest absolute Gasteiger partial charge is 0.240 e. The van der Waals surface area contributed by atoms with E-state index >= 15 is 0 Å². The second-order valence-electron chi connectivity index (χ2n) is 4.15. The molecule has 1 aromatic rings. The predicted molar refractivity (Wildman–Crippen MR) is 69.4 cm³/mol. The maximum Gasteiger partial charge on any atom is 0.240 e. The molecule has 0 fully saturated rings. The van der Waals surface area contributed by atoms with Crippen molar-refractivity contribution < 1.29 is 8.42 Å². The highest BCUT2D eigenvalue weighted by Gasteiger charge is 2.15. The molecule has 18 heavy (non-hydrogen) atoms. The number of nitriles is 1. The monoisotopic (exact) mass is 267 g/mol. The number of rotatable bonds is 6. The van der Waals surface area contributed by atoms with Gasteiger partial charge in [0, 0.05) is 6.54 Å². The van der Waals surface area contributed by atoms with Gasteiger partial charge in [0.25, 0.3) is 0 Å². The van der Waals surface area contributed by atoms with Crippen molar-refractivity contribution in [3.63, 3.8) is 0 Å². The summed E-state index contributed by atoms with van der Waals surface area (Å²) >= 11 is 0. The zero-order chi connectivity index (χ0) is 13.6. The molecule has 0 saturated carbocycles. The first-order valence-corrected chi connectivity index (χ1v) is 7.12. The lowest BCUT2D eigenvalue weighted by Crippen LogP contribution is -2.32. The van der Waals surface area contributed by atoms with Crippen molar-refractivity contribution in [2.24, 2.45) is 5.92 Å². The third kappa shape index (κ3) is 4.11. The summed E-state index contributed by atoms with van der Waals surface area (Å²) in [6.07, 6.45) is 0. The van der Waals surface area contributed by atoms with Crippen molar-refractivity contribution >= 4 is 10.0 Å². The highest BCUT2D eigenvalue weighted by molar-refractivity contribution is 7.89.